The molecule has 1 aromatic carbocycles. The third kappa shape index (κ3) is 2.88. The molecule has 140 valence electrons. The minimum absolute atomic E-state index is 0.0223. The van der Waals surface area contributed by atoms with Crippen LogP contribution in [0.15, 0.2) is 48.6 Å². The SMILES string of the molecule is CCCCCCP1C2C(CC)CC3C=CC=CC32P1c1ccccc1C. The minimum Gasteiger partial charge on any atom is -0.0801 e. The summed E-state index contributed by atoms with van der Waals surface area (Å²) in [6.07, 6.45) is 20.0. The van der Waals surface area contributed by atoms with Crippen LogP contribution in [0.1, 0.15) is 57.9 Å². The van der Waals surface area contributed by atoms with E-state index < -0.39 is 0 Å². The lowest BCUT2D eigenvalue weighted by atomic mass is 9.90. The van der Waals surface area contributed by atoms with E-state index in [-0.39, 0.29) is 15.2 Å². The van der Waals surface area contributed by atoms with Crippen molar-refractivity contribution in [1.29, 1.82) is 0 Å². The maximum Gasteiger partial charge on any atom is 0.0302 e. The van der Waals surface area contributed by atoms with Gasteiger partial charge in [0.15, 0.2) is 0 Å². The van der Waals surface area contributed by atoms with E-state index in [4.69, 9.17) is 0 Å². The molecule has 6 unspecified atom stereocenters. The molecule has 0 N–H and O–H groups in total. The Labute approximate surface area is 162 Å². The standard InChI is InChI=1S/C24H34P2/c1-4-6-7-12-17-25-23-20(5-2)18-21-14-10-11-16-24(21,23)26(25)22-15-9-8-13-19(22)3/h8-11,13-16,20-21,23H,4-7,12,17-18H2,1-3H3. The first-order valence-electron chi connectivity index (χ1n) is 10.7. The molecule has 1 aliphatic heterocycles. The molecule has 2 aliphatic carbocycles. The number of aryl methyl sites for hydroxylation is 1. The van der Waals surface area contributed by atoms with E-state index in [0.717, 1.165) is 17.5 Å². The Balaban J connectivity index is 1.69. The topological polar surface area (TPSA) is 0 Å². The van der Waals surface area contributed by atoms with Gasteiger partial charge in [0, 0.05) is 10.8 Å². The molecule has 1 saturated carbocycles. The molecule has 1 saturated heterocycles. The second kappa shape index (κ2) is 7.89. The van der Waals surface area contributed by atoms with Gasteiger partial charge >= 0.3 is 0 Å². The Bertz CT molecular complexity index is 691. The lowest BCUT2D eigenvalue weighted by Crippen LogP contribution is -2.50. The zero-order valence-electron chi connectivity index (χ0n) is 16.7. The van der Waals surface area contributed by atoms with Crippen LogP contribution in [-0.4, -0.2) is 17.0 Å². The molecule has 3 aliphatic rings. The van der Waals surface area contributed by atoms with Crippen LogP contribution in [0.4, 0.5) is 0 Å². The fourth-order valence-electron chi connectivity index (χ4n) is 5.71. The summed E-state index contributed by atoms with van der Waals surface area (Å²) in [6.45, 7) is 7.13. The minimum atomic E-state index is -0.0223. The lowest BCUT2D eigenvalue weighted by molar-refractivity contribution is 0.519. The molecule has 0 nitrogen and oxygen atoms in total. The van der Waals surface area contributed by atoms with Gasteiger partial charge in [0.2, 0.25) is 0 Å². The average Bonchev–Trinajstić information content (AvgIpc) is 2.94. The van der Waals surface area contributed by atoms with E-state index in [9.17, 15) is 0 Å². The van der Waals surface area contributed by atoms with Gasteiger partial charge < -0.3 is 0 Å². The van der Waals surface area contributed by atoms with Crippen molar-refractivity contribution in [3.8, 4) is 0 Å². The summed E-state index contributed by atoms with van der Waals surface area (Å²) >= 11 is 0. The number of benzene rings is 1. The first-order chi connectivity index (χ1) is 12.7. The van der Waals surface area contributed by atoms with Gasteiger partial charge in [-0.05, 0) is 56.2 Å². The van der Waals surface area contributed by atoms with E-state index in [1.165, 1.54) is 44.7 Å². The summed E-state index contributed by atoms with van der Waals surface area (Å²) in [6, 6.07) is 9.36. The van der Waals surface area contributed by atoms with Gasteiger partial charge in [-0.1, -0.05) is 95.7 Å². The number of rotatable bonds is 7. The van der Waals surface area contributed by atoms with Crippen LogP contribution in [0.2, 0.25) is 0 Å². The third-order valence-electron chi connectivity index (χ3n) is 6.94. The Hall–Kier alpha value is -0.440. The summed E-state index contributed by atoms with van der Waals surface area (Å²) in [5.74, 6) is 1.77. The lowest BCUT2D eigenvalue weighted by Gasteiger charge is -2.62. The maximum absolute atomic E-state index is 2.68. The molecule has 0 amide bonds. The van der Waals surface area contributed by atoms with E-state index in [0.29, 0.717) is 5.16 Å². The van der Waals surface area contributed by atoms with Crippen LogP contribution in [0.25, 0.3) is 0 Å². The third-order valence-corrected chi connectivity index (χ3v) is 16.9. The summed E-state index contributed by atoms with van der Waals surface area (Å²) in [4.78, 5) is 0. The fraction of sp³-hybridized carbons (Fsp3) is 0.583. The highest BCUT2D eigenvalue weighted by Gasteiger charge is 2.68. The molecule has 1 heterocycles. The Kier molecular flexibility index (Phi) is 5.74. The number of unbranched alkanes of at least 4 members (excludes halogenated alkanes) is 3. The van der Waals surface area contributed by atoms with Crippen molar-refractivity contribution in [2.24, 2.45) is 11.8 Å². The molecule has 2 heteroatoms. The van der Waals surface area contributed by atoms with E-state index >= 15 is 0 Å². The largest absolute Gasteiger partial charge is 0.0801 e. The fourth-order valence-corrected chi connectivity index (χ4v) is 18.2. The predicted octanol–water partition coefficient (Wildman–Crippen LogP) is 7.37. The second-order valence-electron chi connectivity index (χ2n) is 8.41. The van der Waals surface area contributed by atoms with Crippen molar-refractivity contribution < 1.29 is 0 Å². The molecular weight excluding hydrogens is 350 g/mol. The van der Waals surface area contributed by atoms with Crippen LogP contribution < -0.4 is 5.30 Å². The first-order valence-corrected chi connectivity index (χ1v) is 14.4. The Morgan fingerprint density at radius 2 is 1.92 bits per heavy atom. The highest BCUT2D eigenvalue weighted by atomic mass is 32.1. The average molecular weight is 384 g/mol. The highest BCUT2D eigenvalue weighted by molar-refractivity contribution is 8.37. The summed E-state index contributed by atoms with van der Waals surface area (Å²) in [5, 5.41) is 2.25. The van der Waals surface area contributed by atoms with E-state index in [1.807, 2.05) is 0 Å². The molecule has 26 heavy (non-hydrogen) atoms. The summed E-state index contributed by atoms with van der Waals surface area (Å²) < 4.78 is 0. The van der Waals surface area contributed by atoms with Crippen molar-refractivity contribution in [1.82, 2.24) is 0 Å². The molecule has 0 aromatic heterocycles. The molecule has 4 rings (SSSR count). The molecule has 0 bridgehead atoms. The summed E-state index contributed by atoms with van der Waals surface area (Å²) in [7, 11) is 0.149. The number of hydrogen-bond acceptors (Lipinski definition) is 0. The van der Waals surface area contributed by atoms with Gasteiger partial charge in [-0.15, -0.1) is 0 Å². The van der Waals surface area contributed by atoms with Crippen LogP contribution in [0.5, 0.6) is 0 Å². The van der Waals surface area contributed by atoms with Crippen molar-refractivity contribution in [3.05, 3.63) is 54.1 Å². The first kappa shape index (κ1) is 18.9. The molecule has 6 atom stereocenters. The van der Waals surface area contributed by atoms with Gasteiger partial charge in [-0.25, -0.2) is 0 Å². The molecule has 1 spiro atoms. The highest BCUT2D eigenvalue weighted by Crippen LogP contribution is 2.95. The Morgan fingerprint density at radius 1 is 1.08 bits per heavy atom. The second-order valence-corrected chi connectivity index (χ2v) is 14.9. The van der Waals surface area contributed by atoms with Crippen LogP contribution in [0, 0.1) is 18.8 Å². The predicted molar refractivity (Wildman–Crippen MR) is 120 cm³/mol. The number of allylic oxidation sites excluding steroid dienone is 4. The smallest absolute Gasteiger partial charge is 0.0302 e. The van der Waals surface area contributed by atoms with Gasteiger partial charge in [-0.3, -0.25) is 0 Å². The van der Waals surface area contributed by atoms with Gasteiger partial charge in [0.1, 0.15) is 0 Å². The van der Waals surface area contributed by atoms with Gasteiger partial charge in [0.25, 0.3) is 0 Å². The van der Waals surface area contributed by atoms with Crippen LogP contribution >= 0.6 is 15.2 Å². The monoisotopic (exact) mass is 384 g/mol. The molecule has 2 fully saturated rings. The zero-order valence-corrected chi connectivity index (χ0v) is 18.5. The van der Waals surface area contributed by atoms with Crippen LogP contribution in [0.3, 0.4) is 0 Å². The van der Waals surface area contributed by atoms with E-state index in [2.05, 4.69) is 69.3 Å². The van der Waals surface area contributed by atoms with Crippen LogP contribution in [-0.2, 0) is 0 Å². The molecular formula is C24H34P2. The summed E-state index contributed by atoms with van der Waals surface area (Å²) in [5.41, 5.74) is 2.55. The zero-order chi connectivity index (χ0) is 18.1. The Morgan fingerprint density at radius 3 is 2.69 bits per heavy atom. The van der Waals surface area contributed by atoms with Crippen molar-refractivity contribution >= 4 is 20.5 Å². The maximum atomic E-state index is 2.68. The molecule has 1 aromatic rings. The van der Waals surface area contributed by atoms with Crippen molar-refractivity contribution in [2.45, 2.75) is 70.1 Å². The normalized spacial score (nSPS) is 37.3. The van der Waals surface area contributed by atoms with E-state index in [1.54, 1.807) is 10.9 Å². The van der Waals surface area contributed by atoms with Gasteiger partial charge in [-0.2, -0.15) is 0 Å². The quantitative estimate of drug-likeness (QED) is 0.340. The van der Waals surface area contributed by atoms with Crippen molar-refractivity contribution in [2.75, 3.05) is 6.16 Å². The number of hydrogen-bond donors (Lipinski definition) is 0. The van der Waals surface area contributed by atoms with Gasteiger partial charge in [0.05, 0.1) is 0 Å². The molecule has 0 radical (unpaired) electrons. The van der Waals surface area contributed by atoms with Crippen molar-refractivity contribution in [3.63, 3.8) is 0 Å².